The first-order chi connectivity index (χ1) is 13.6. The number of para-hydroxylation sites is 1. The van der Waals surface area contributed by atoms with E-state index in [2.05, 4.69) is 9.55 Å². The predicted octanol–water partition coefficient (Wildman–Crippen LogP) is 2.24. The number of nitrogen functional groups attached to an aromatic ring is 1. The number of imidazole rings is 1. The molecule has 3 heterocycles. The molecule has 0 saturated carbocycles. The van der Waals surface area contributed by atoms with E-state index in [0.29, 0.717) is 43.7 Å². The molecule has 1 fully saturated rings. The Kier molecular flexibility index (Phi) is 4.85. The van der Waals surface area contributed by atoms with Crippen molar-refractivity contribution in [1.82, 2.24) is 19.4 Å². The topological polar surface area (TPSA) is 103 Å². The monoisotopic (exact) mass is 381 g/mol. The van der Waals surface area contributed by atoms with Gasteiger partial charge in [-0.15, -0.1) is 0 Å². The number of aryl methyl sites for hydroxylation is 1. The van der Waals surface area contributed by atoms with Crippen LogP contribution in [0, 0.1) is 0 Å². The standard InChI is InChI=1S/C20H23N5O3/c1-28-17(27)9-5-11-25-15(12-24-10-4-8-16(24)26)23-18-19(25)13-6-2-3-7-14(13)22-20(18)21/h2-3,6-7H,4-5,8-12H2,1H3,(H2,21,22). The Morgan fingerprint density at radius 2 is 2.11 bits per heavy atom. The minimum atomic E-state index is -0.244. The Hall–Kier alpha value is -3.16. The number of carbonyl (C=O) groups is 2. The molecule has 2 N–H and O–H groups in total. The molecule has 0 unspecified atom stereocenters. The number of nitrogens with zero attached hydrogens (tertiary/aromatic N) is 4. The Balaban J connectivity index is 1.80. The molecule has 0 aliphatic carbocycles. The van der Waals surface area contributed by atoms with Crippen LogP contribution in [0.3, 0.4) is 0 Å². The van der Waals surface area contributed by atoms with Gasteiger partial charge in [0.05, 0.1) is 24.7 Å². The Morgan fingerprint density at radius 1 is 1.29 bits per heavy atom. The molecule has 0 radical (unpaired) electrons. The van der Waals surface area contributed by atoms with E-state index >= 15 is 0 Å². The van der Waals surface area contributed by atoms with Gasteiger partial charge in [-0.05, 0) is 18.9 Å². The molecule has 0 bridgehead atoms. The third-order valence-electron chi connectivity index (χ3n) is 5.18. The van der Waals surface area contributed by atoms with E-state index in [4.69, 9.17) is 15.5 Å². The van der Waals surface area contributed by atoms with Crippen molar-refractivity contribution < 1.29 is 14.3 Å². The van der Waals surface area contributed by atoms with Gasteiger partial charge in [0.15, 0.2) is 5.82 Å². The number of rotatable bonds is 6. The van der Waals surface area contributed by atoms with Crippen LogP contribution in [-0.4, -0.2) is 45.0 Å². The molecule has 0 atom stereocenters. The second kappa shape index (κ2) is 7.46. The van der Waals surface area contributed by atoms with Crippen molar-refractivity contribution in [3.05, 3.63) is 30.1 Å². The average Bonchev–Trinajstić information content (AvgIpc) is 3.26. The fourth-order valence-electron chi connectivity index (χ4n) is 3.79. The first-order valence-corrected chi connectivity index (χ1v) is 9.46. The quantitative estimate of drug-likeness (QED) is 0.657. The summed E-state index contributed by atoms with van der Waals surface area (Å²) < 4.78 is 6.83. The number of aromatic nitrogens is 3. The summed E-state index contributed by atoms with van der Waals surface area (Å²) in [6.07, 6.45) is 2.37. The Morgan fingerprint density at radius 3 is 2.86 bits per heavy atom. The molecule has 2 aromatic heterocycles. The summed E-state index contributed by atoms with van der Waals surface area (Å²) in [6.45, 7) is 1.74. The third-order valence-corrected chi connectivity index (χ3v) is 5.18. The van der Waals surface area contributed by atoms with Crippen LogP contribution in [0.1, 0.15) is 31.5 Å². The lowest BCUT2D eigenvalue weighted by molar-refractivity contribution is -0.140. The van der Waals surface area contributed by atoms with Crippen LogP contribution in [0.4, 0.5) is 5.82 Å². The number of anilines is 1. The Bertz CT molecular complexity index is 1060. The van der Waals surface area contributed by atoms with E-state index < -0.39 is 0 Å². The van der Waals surface area contributed by atoms with E-state index in [1.807, 2.05) is 29.2 Å². The fraction of sp³-hybridized carbons (Fsp3) is 0.400. The lowest BCUT2D eigenvalue weighted by Crippen LogP contribution is -2.26. The van der Waals surface area contributed by atoms with E-state index in [-0.39, 0.29) is 11.9 Å². The van der Waals surface area contributed by atoms with Crippen LogP contribution in [-0.2, 0) is 27.4 Å². The Labute approximate surface area is 162 Å². The summed E-state index contributed by atoms with van der Waals surface area (Å²) in [6, 6.07) is 7.78. The van der Waals surface area contributed by atoms with Crippen molar-refractivity contribution in [2.24, 2.45) is 0 Å². The van der Waals surface area contributed by atoms with Crippen molar-refractivity contribution in [1.29, 1.82) is 0 Å². The van der Waals surface area contributed by atoms with Gasteiger partial charge < -0.3 is 19.9 Å². The summed E-state index contributed by atoms with van der Waals surface area (Å²) >= 11 is 0. The molecular formula is C20H23N5O3. The van der Waals surface area contributed by atoms with Crippen molar-refractivity contribution in [3.63, 3.8) is 0 Å². The van der Waals surface area contributed by atoms with Gasteiger partial charge >= 0.3 is 5.97 Å². The van der Waals surface area contributed by atoms with Crippen molar-refractivity contribution in [3.8, 4) is 0 Å². The largest absolute Gasteiger partial charge is 0.469 e. The number of nitrogens with two attached hydrogens (primary N) is 1. The molecule has 1 aliphatic heterocycles. The molecule has 0 spiro atoms. The number of methoxy groups -OCH3 is 1. The summed E-state index contributed by atoms with van der Waals surface area (Å²) in [7, 11) is 1.39. The number of carbonyl (C=O) groups excluding carboxylic acids is 2. The highest BCUT2D eigenvalue weighted by atomic mass is 16.5. The molecule has 1 amide bonds. The fourth-order valence-corrected chi connectivity index (χ4v) is 3.79. The second-order valence-electron chi connectivity index (χ2n) is 6.99. The van der Waals surface area contributed by atoms with E-state index in [1.165, 1.54) is 7.11 Å². The molecule has 1 aromatic carbocycles. The van der Waals surface area contributed by atoms with Gasteiger partial charge in [0.25, 0.3) is 0 Å². The van der Waals surface area contributed by atoms with Crippen molar-refractivity contribution in [2.45, 2.75) is 38.8 Å². The lowest BCUT2D eigenvalue weighted by atomic mass is 10.2. The van der Waals surface area contributed by atoms with Gasteiger partial charge in [-0.25, -0.2) is 9.97 Å². The zero-order valence-electron chi connectivity index (χ0n) is 15.9. The number of ether oxygens (including phenoxy) is 1. The molecule has 1 aliphatic rings. The number of fused-ring (bicyclic) bond motifs is 3. The van der Waals surface area contributed by atoms with Crippen LogP contribution in [0.2, 0.25) is 0 Å². The summed E-state index contributed by atoms with van der Waals surface area (Å²) in [4.78, 5) is 34.7. The average molecular weight is 381 g/mol. The van der Waals surface area contributed by atoms with E-state index in [9.17, 15) is 9.59 Å². The minimum Gasteiger partial charge on any atom is -0.469 e. The molecule has 28 heavy (non-hydrogen) atoms. The highest BCUT2D eigenvalue weighted by Crippen LogP contribution is 2.30. The lowest BCUT2D eigenvalue weighted by Gasteiger charge is -2.17. The smallest absolute Gasteiger partial charge is 0.305 e. The van der Waals surface area contributed by atoms with Crippen LogP contribution in [0.15, 0.2) is 24.3 Å². The molecule has 1 saturated heterocycles. The zero-order chi connectivity index (χ0) is 19.7. The zero-order valence-corrected chi connectivity index (χ0v) is 15.9. The molecular weight excluding hydrogens is 358 g/mol. The van der Waals surface area contributed by atoms with Gasteiger partial charge in [0.2, 0.25) is 5.91 Å². The van der Waals surface area contributed by atoms with Crippen molar-refractivity contribution >= 4 is 39.6 Å². The maximum Gasteiger partial charge on any atom is 0.305 e. The van der Waals surface area contributed by atoms with Crippen LogP contribution >= 0.6 is 0 Å². The number of esters is 1. The van der Waals surface area contributed by atoms with E-state index in [0.717, 1.165) is 35.2 Å². The maximum atomic E-state index is 12.1. The summed E-state index contributed by atoms with van der Waals surface area (Å²) in [5, 5.41) is 0.955. The maximum absolute atomic E-state index is 12.1. The number of likely N-dealkylation sites (tertiary alicyclic amines) is 1. The normalized spacial score (nSPS) is 14.3. The first-order valence-electron chi connectivity index (χ1n) is 9.46. The van der Waals surface area contributed by atoms with Gasteiger partial charge in [-0.2, -0.15) is 0 Å². The number of hydrogen-bond donors (Lipinski definition) is 1. The van der Waals surface area contributed by atoms with Crippen LogP contribution in [0.5, 0.6) is 0 Å². The first kappa shape index (κ1) is 18.2. The van der Waals surface area contributed by atoms with Gasteiger partial charge in [-0.1, -0.05) is 18.2 Å². The van der Waals surface area contributed by atoms with Crippen LogP contribution in [0.25, 0.3) is 21.9 Å². The molecule has 4 rings (SSSR count). The van der Waals surface area contributed by atoms with E-state index in [1.54, 1.807) is 0 Å². The number of hydrogen-bond acceptors (Lipinski definition) is 6. The third kappa shape index (κ3) is 3.26. The van der Waals surface area contributed by atoms with Gasteiger partial charge in [-0.3, -0.25) is 9.59 Å². The second-order valence-corrected chi connectivity index (χ2v) is 6.99. The summed E-state index contributed by atoms with van der Waals surface area (Å²) in [5.41, 5.74) is 8.53. The summed E-state index contributed by atoms with van der Waals surface area (Å²) in [5.74, 6) is 1.03. The molecule has 8 nitrogen and oxygen atoms in total. The number of amides is 1. The highest BCUT2D eigenvalue weighted by molar-refractivity contribution is 6.06. The SMILES string of the molecule is COC(=O)CCCn1c(CN2CCCC2=O)nc2c(N)nc3ccccc3c21. The highest BCUT2D eigenvalue weighted by Gasteiger charge is 2.24. The van der Waals surface area contributed by atoms with Crippen LogP contribution < -0.4 is 5.73 Å². The van der Waals surface area contributed by atoms with Gasteiger partial charge in [0.1, 0.15) is 11.3 Å². The predicted molar refractivity (Wildman–Crippen MR) is 105 cm³/mol. The van der Waals surface area contributed by atoms with Crippen molar-refractivity contribution in [2.75, 3.05) is 19.4 Å². The van der Waals surface area contributed by atoms with Gasteiger partial charge in [0, 0.05) is 31.3 Å². The number of pyridine rings is 1. The number of benzene rings is 1. The molecule has 146 valence electrons. The molecule has 8 heteroatoms. The minimum absolute atomic E-state index is 0.143. The molecule has 3 aromatic rings.